The highest BCUT2D eigenvalue weighted by atomic mass is 35.5. The Kier molecular flexibility index (Phi) is 4.09. The van der Waals surface area contributed by atoms with Crippen molar-refractivity contribution < 1.29 is 9.53 Å². The van der Waals surface area contributed by atoms with Gasteiger partial charge >= 0.3 is 0 Å². The number of carbonyl (C=O) groups is 1. The number of amides is 1. The van der Waals surface area contributed by atoms with Gasteiger partial charge in [0.15, 0.2) is 0 Å². The van der Waals surface area contributed by atoms with E-state index in [4.69, 9.17) is 27.8 Å². The molecule has 0 radical (unpaired) electrons. The summed E-state index contributed by atoms with van der Waals surface area (Å²) in [6.07, 6.45) is 4.05. The molecule has 0 heterocycles. The second-order valence-corrected chi connectivity index (χ2v) is 5.08. The van der Waals surface area contributed by atoms with Crippen molar-refractivity contribution in [2.24, 2.45) is 11.5 Å². The van der Waals surface area contributed by atoms with E-state index in [-0.39, 0.29) is 12.1 Å². The molecule has 0 saturated heterocycles. The lowest BCUT2D eigenvalue weighted by atomic mass is 9.93. The lowest BCUT2D eigenvalue weighted by Gasteiger charge is -2.27. The molecule has 2 atom stereocenters. The third-order valence-corrected chi connectivity index (χ3v) is 3.47. The Balaban J connectivity index is 2.07. The first-order valence-electron chi connectivity index (χ1n) is 6.08. The van der Waals surface area contributed by atoms with Crippen molar-refractivity contribution in [3.8, 4) is 5.75 Å². The first-order valence-corrected chi connectivity index (χ1v) is 6.45. The highest BCUT2D eigenvalue weighted by Gasteiger charge is 2.21. The van der Waals surface area contributed by atoms with Crippen LogP contribution in [-0.4, -0.2) is 18.1 Å². The summed E-state index contributed by atoms with van der Waals surface area (Å²) < 4.78 is 5.83. The van der Waals surface area contributed by atoms with E-state index in [0.717, 1.165) is 25.7 Å². The highest BCUT2D eigenvalue weighted by molar-refractivity contribution is 6.32. The van der Waals surface area contributed by atoms with Crippen LogP contribution in [0, 0.1) is 0 Å². The molecule has 1 amide bonds. The van der Waals surface area contributed by atoms with Crippen LogP contribution in [0.25, 0.3) is 0 Å². The maximum Gasteiger partial charge on any atom is 0.248 e. The number of nitrogens with two attached hydrogens (primary N) is 2. The molecule has 5 heteroatoms. The van der Waals surface area contributed by atoms with Crippen molar-refractivity contribution in [2.75, 3.05) is 0 Å². The minimum atomic E-state index is -0.497. The first kappa shape index (κ1) is 13.2. The third-order valence-electron chi connectivity index (χ3n) is 3.18. The molecule has 1 saturated carbocycles. The van der Waals surface area contributed by atoms with Gasteiger partial charge in [-0.05, 0) is 43.9 Å². The molecule has 0 spiro atoms. The van der Waals surface area contributed by atoms with Gasteiger partial charge in [0.25, 0.3) is 0 Å². The molecule has 0 bridgehead atoms. The lowest BCUT2D eigenvalue weighted by molar-refractivity contribution is 0.1000. The van der Waals surface area contributed by atoms with Gasteiger partial charge < -0.3 is 16.2 Å². The van der Waals surface area contributed by atoms with Gasteiger partial charge in [-0.2, -0.15) is 0 Å². The average molecular weight is 269 g/mol. The van der Waals surface area contributed by atoms with E-state index < -0.39 is 5.91 Å². The lowest BCUT2D eigenvalue weighted by Crippen LogP contribution is -2.33. The molecule has 1 fully saturated rings. The van der Waals surface area contributed by atoms with Crippen molar-refractivity contribution in [1.82, 2.24) is 0 Å². The zero-order valence-corrected chi connectivity index (χ0v) is 10.8. The molecular weight excluding hydrogens is 252 g/mol. The zero-order chi connectivity index (χ0) is 13.1. The summed E-state index contributed by atoms with van der Waals surface area (Å²) in [4.78, 5) is 11.0. The number of halogens is 1. The van der Waals surface area contributed by atoms with Gasteiger partial charge in [-0.25, -0.2) is 0 Å². The van der Waals surface area contributed by atoms with Crippen molar-refractivity contribution in [3.63, 3.8) is 0 Å². The van der Waals surface area contributed by atoms with Gasteiger partial charge in [0.2, 0.25) is 5.91 Å². The Hall–Kier alpha value is -1.26. The van der Waals surface area contributed by atoms with Crippen molar-refractivity contribution >= 4 is 17.5 Å². The summed E-state index contributed by atoms with van der Waals surface area (Å²) in [6, 6.07) is 5.03. The summed E-state index contributed by atoms with van der Waals surface area (Å²) in [5.74, 6) is 0.0869. The number of hydrogen-bond acceptors (Lipinski definition) is 3. The minimum Gasteiger partial charge on any atom is -0.489 e. The molecule has 0 aliphatic heterocycles. The van der Waals surface area contributed by atoms with Crippen LogP contribution in [0.2, 0.25) is 5.02 Å². The largest absolute Gasteiger partial charge is 0.489 e. The molecule has 0 aromatic heterocycles. The summed E-state index contributed by atoms with van der Waals surface area (Å²) in [5, 5.41) is 0.408. The van der Waals surface area contributed by atoms with Crippen LogP contribution in [0.5, 0.6) is 5.75 Å². The second-order valence-electron chi connectivity index (χ2n) is 4.68. The van der Waals surface area contributed by atoms with Crippen molar-refractivity contribution in [2.45, 2.75) is 37.8 Å². The SMILES string of the molecule is NC(=O)c1ccc(OC2CCCC(N)C2)c(Cl)c1. The molecule has 98 valence electrons. The molecule has 4 nitrogen and oxygen atoms in total. The average Bonchev–Trinajstić information content (AvgIpc) is 2.31. The Bertz CT molecular complexity index is 451. The van der Waals surface area contributed by atoms with Crippen LogP contribution in [0.1, 0.15) is 36.0 Å². The summed E-state index contributed by atoms with van der Waals surface area (Å²) in [6.45, 7) is 0. The molecule has 1 aromatic carbocycles. The molecular formula is C13H17ClN2O2. The van der Waals surface area contributed by atoms with Crippen molar-refractivity contribution in [3.05, 3.63) is 28.8 Å². The Morgan fingerprint density at radius 3 is 2.78 bits per heavy atom. The van der Waals surface area contributed by atoms with E-state index >= 15 is 0 Å². The number of carbonyl (C=O) groups excluding carboxylic acids is 1. The van der Waals surface area contributed by atoms with Crippen LogP contribution >= 0.6 is 11.6 Å². The number of rotatable bonds is 3. The van der Waals surface area contributed by atoms with E-state index in [1.54, 1.807) is 12.1 Å². The maximum atomic E-state index is 11.0. The smallest absolute Gasteiger partial charge is 0.248 e. The van der Waals surface area contributed by atoms with Gasteiger partial charge in [-0.15, -0.1) is 0 Å². The topological polar surface area (TPSA) is 78.3 Å². The fourth-order valence-corrected chi connectivity index (χ4v) is 2.44. The van der Waals surface area contributed by atoms with E-state index in [9.17, 15) is 4.79 Å². The van der Waals surface area contributed by atoms with Gasteiger partial charge in [0.05, 0.1) is 5.02 Å². The fraction of sp³-hybridized carbons (Fsp3) is 0.462. The molecule has 18 heavy (non-hydrogen) atoms. The molecule has 2 rings (SSSR count). The number of hydrogen-bond donors (Lipinski definition) is 2. The minimum absolute atomic E-state index is 0.102. The summed E-state index contributed by atoms with van der Waals surface area (Å²) in [5.41, 5.74) is 11.5. The monoisotopic (exact) mass is 268 g/mol. The molecule has 1 aromatic rings. The van der Waals surface area contributed by atoms with Gasteiger partial charge in [-0.1, -0.05) is 11.6 Å². The summed E-state index contributed by atoms with van der Waals surface area (Å²) in [7, 11) is 0. The van der Waals surface area contributed by atoms with E-state index in [2.05, 4.69) is 0 Å². The Labute approximate surface area is 111 Å². The number of primary amides is 1. The molecule has 1 aliphatic carbocycles. The van der Waals surface area contributed by atoms with Crippen LogP contribution in [-0.2, 0) is 0 Å². The van der Waals surface area contributed by atoms with E-state index in [1.807, 2.05) is 0 Å². The zero-order valence-electron chi connectivity index (χ0n) is 10.1. The van der Waals surface area contributed by atoms with E-state index in [1.165, 1.54) is 6.07 Å². The van der Waals surface area contributed by atoms with Gasteiger partial charge in [0.1, 0.15) is 11.9 Å². The number of ether oxygens (including phenoxy) is 1. The standard InChI is InChI=1S/C13H17ClN2O2/c14-11-6-8(13(16)17)4-5-12(11)18-10-3-1-2-9(15)7-10/h4-6,9-10H,1-3,7,15H2,(H2,16,17). The Morgan fingerprint density at radius 2 is 2.17 bits per heavy atom. The van der Waals surface area contributed by atoms with Gasteiger partial charge in [-0.3, -0.25) is 4.79 Å². The predicted octanol–water partition coefficient (Wildman–Crippen LogP) is 2.09. The Morgan fingerprint density at radius 1 is 1.39 bits per heavy atom. The number of benzene rings is 1. The second kappa shape index (κ2) is 5.59. The molecule has 2 unspecified atom stereocenters. The van der Waals surface area contributed by atoms with Crippen LogP contribution < -0.4 is 16.2 Å². The third kappa shape index (κ3) is 3.15. The normalized spacial score (nSPS) is 23.7. The van der Waals surface area contributed by atoms with Crippen LogP contribution in [0.4, 0.5) is 0 Å². The molecule has 4 N–H and O–H groups in total. The fourth-order valence-electron chi connectivity index (χ4n) is 2.22. The van der Waals surface area contributed by atoms with Gasteiger partial charge in [0, 0.05) is 11.6 Å². The predicted molar refractivity (Wildman–Crippen MR) is 70.8 cm³/mol. The first-order chi connectivity index (χ1) is 8.56. The van der Waals surface area contributed by atoms with E-state index in [0.29, 0.717) is 16.3 Å². The maximum absolute atomic E-state index is 11.0. The van der Waals surface area contributed by atoms with Crippen LogP contribution in [0.3, 0.4) is 0 Å². The quantitative estimate of drug-likeness (QED) is 0.881. The highest BCUT2D eigenvalue weighted by Crippen LogP contribution is 2.29. The molecule has 1 aliphatic rings. The van der Waals surface area contributed by atoms with Crippen LogP contribution in [0.15, 0.2) is 18.2 Å². The summed E-state index contributed by atoms with van der Waals surface area (Å²) >= 11 is 6.07. The van der Waals surface area contributed by atoms with Crippen molar-refractivity contribution in [1.29, 1.82) is 0 Å².